The van der Waals surface area contributed by atoms with Crippen molar-refractivity contribution < 1.29 is 0 Å². The molecule has 0 aliphatic heterocycles. The molecule has 1 nitrogen and oxygen atoms in total. The molecule has 0 spiro atoms. The third kappa shape index (κ3) is 2.86. The molecule has 93 valence electrons. The van der Waals surface area contributed by atoms with Crippen LogP contribution in [0.2, 0.25) is 10.0 Å². The minimum absolute atomic E-state index is 0.136. The summed E-state index contributed by atoms with van der Waals surface area (Å²) in [6.45, 7) is 2.07. The van der Waals surface area contributed by atoms with E-state index in [9.17, 15) is 0 Å². The van der Waals surface area contributed by atoms with Gasteiger partial charge in [0, 0.05) is 23.0 Å². The molecular formula is C15H14Cl2N. The lowest BCUT2D eigenvalue weighted by Gasteiger charge is -2.21. The van der Waals surface area contributed by atoms with Crippen LogP contribution in [0, 0.1) is 6.07 Å². The standard InChI is InChI=1S/C15H14Cl2N/c1-10(11-5-4-6-12(16)9-11)15(18)13-7-2-3-8-14(13)17/h2-7,9-10,15H,18H2,1H3. The Morgan fingerprint density at radius 3 is 2.61 bits per heavy atom. The first-order chi connectivity index (χ1) is 8.59. The van der Waals surface area contributed by atoms with Gasteiger partial charge in [-0.05, 0) is 23.3 Å². The Morgan fingerprint density at radius 2 is 1.94 bits per heavy atom. The topological polar surface area (TPSA) is 26.0 Å². The number of rotatable bonds is 3. The molecule has 0 heterocycles. The normalized spacial score (nSPS) is 14.2. The fraction of sp³-hybridized carbons (Fsp3) is 0.200. The highest BCUT2D eigenvalue weighted by Crippen LogP contribution is 2.32. The molecule has 0 bridgehead atoms. The van der Waals surface area contributed by atoms with Crippen LogP contribution in [0.1, 0.15) is 30.0 Å². The van der Waals surface area contributed by atoms with Gasteiger partial charge in [-0.25, -0.2) is 0 Å². The molecule has 0 aliphatic rings. The Labute approximate surface area is 118 Å². The maximum absolute atomic E-state index is 6.27. The maximum Gasteiger partial charge on any atom is 0.0532 e. The van der Waals surface area contributed by atoms with Crippen molar-refractivity contribution in [3.8, 4) is 0 Å². The van der Waals surface area contributed by atoms with E-state index in [0.717, 1.165) is 16.1 Å². The average Bonchev–Trinajstić information content (AvgIpc) is 2.37. The summed E-state index contributed by atoms with van der Waals surface area (Å²) in [6, 6.07) is 16.1. The average molecular weight is 279 g/mol. The Bertz CT molecular complexity index is 540. The lowest BCUT2D eigenvalue weighted by molar-refractivity contribution is 0.598. The first-order valence-electron chi connectivity index (χ1n) is 5.76. The molecule has 2 atom stereocenters. The molecule has 2 N–H and O–H groups in total. The Hall–Kier alpha value is -1.02. The van der Waals surface area contributed by atoms with Gasteiger partial charge in [0.05, 0.1) is 5.02 Å². The summed E-state index contributed by atoms with van der Waals surface area (Å²) in [6.07, 6.45) is 0. The molecule has 0 saturated carbocycles. The fourth-order valence-electron chi connectivity index (χ4n) is 1.95. The van der Waals surface area contributed by atoms with Crippen molar-refractivity contribution in [2.75, 3.05) is 0 Å². The van der Waals surface area contributed by atoms with Crippen LogP contribution < -0.4 is 5.73 Å². The van der Waals surface area contributed by atoms with E-state index in [1.807, 2.05) is 36.4 Å². The highest BCUT2D eigenvalue weighted by Gasteiger charge is 2.19. The predicted molar refractivity (Wildman–Crippen MR) is 77.1 cm³/mol. The first-order valence-corrected chi connectivity index (χ1v) is 6.52. The molecule has 2 unspecified atom stereocenters. The number of benzene rings is 2. The smallest absolute Gasteiger partial charge is 0.0532 e. The largest absolute Gasteiger partial charge is 0.323 e. The van der Waals surface area contributed by atoms with E-state index < -0.39 is 0 Å². The Morgan fingerprint density at radius 1 is 1.17 bits per heavy atom. The van der Waals surface area contributed by atoms with Crippen molar-refractivity contribution >= 4 is 23.2 Å². The lowest BCUT2D eigenvalue weighted by Crippen LogP contribution is -2.18. The quantitative estimate of drug-likeness (QED) is 0.873. The Balaban J connectivity index is 2.29. The van der Waals surface area contributed by atoms with Crippen LogP contribution in [0.15, 0.2) is 42.5 Å². The summed E-state index contributed by atoms with van der Waals surface area (Å²) in [5.41, 5.74) is 8.29. The molecule has 0 fully saturated rings. The fourth-order valence-corrected chi connectivity index (χ4v) is 2.40. The summed E-state index contributed by atoms with van der Waals surface area (Å²) >= 11 is 12.1. The number of hydrogen-bond acceptors (Lipinski definition) is 1. The van der Waals surface area contributed by atoms with Gasteiger partial charge in [0.1, 0.15) is 0 Å². The molecular weight excluding hydrogens is 265 g/mol. The second-order valence-electron chi connectivity index (χ2n) is 4.31. The third-order valence-corrected chi connectivity index (χ3v) is 3.67. The second kappa shape index (κ2) is 5.75. The predicted octanol–water partition coefficient (Wildman–Crippen LogP) is 4.60. The van der Waals surface area contributed by atoms with Gasteiger partial charge < -0.3 is 5.73 Å². The van der Waals surface area contributed by atoms with Gasteiger partial charge in [-0.15, -0.1) is 0 Å². The molecule has 3 heteroatoms. The van der Waals surface area contributed by atoms with Crippen molar-refractivity contribution in [1.82, 2.24) is 0 Å². The molecule has 0 saturated heterocycles. The van der Waals surface area contributed by atoms with Crippen LogP contribution in [-0.4, -0.2) is 0 Å². The third-order valence-electron chi connectivity index (χ3n) is 3.11. The van der Waals surface area contributed by atoms with E-state index in [2.05, 4.69) is 13.0 Å². The van der Waals surface area contributed by atoms with Gasteiger partial charge in [0.25, 0.3) is 0 Å². The van der Waals surface area contributed by atoms with Gasteiger partial charge in [-0.3, -0.25) is 0 Å². The molecule has 1 radical (unpaired) electrons. The second-order valence-corrected chi connectivity index (χ2v) is 5.12. The van der Waals surface area contributed by atoms with Crippen molar-refractivity contribution in [1.29, 1.82) is 0 Å². The number of nitrogens with two attached hydrogens (primary N) is 1. The number of halogens is 2. The molecule has 18 heavy (non-hydrogen) atoms. The highest BCUT2D eigenvalue weighted by atomic mass is 35.5. The van der Waals surface area contributed by atoms with Crippen LogP contribution in [0.5, 0.6) is 0 Å². The molecule has 2 rings (SSSR count). The zero-order valence-corrected chi connectivity index (χ0v) is 11.5. The Kier molecular flexibility index (Phi) is 4.28. The van der Waals surface area contributed by atoms with Gasteiger partial charge in [-0.2, -0.15) is 0 Å². The molecule has 2 aromatic carbocycles. The molecule has 2 aromatic rings. The summed E-state index contributed by atoms with van der Waals surface area (Å²) in [5, 5.41) is 1.30. The first kappa shape index (κ1) is 13.4. The van der Waals surface area contributed by atoms with Gasteiger partial charge in [0.15, 0.2) is 0 Å². The van der Waals surface area contributed by atoms with Gasteiger partial charge >= 0.3 is 0 Å². The van der Waals surface area contributed by atoms with Crippen LogP contribution in [0.25, 0.3) is 0 Å². The van der Waals surface area contributed by atoms with Crippen LogP contribution in [0.3, 0.4) is 0 Å². The summed E-state index contributed by atoms with van der Waals surface area (Å²) in [7, 11) is 0. The van der Waals surface area contributed by atoms with E-state index in [4.69, 9.17) is 28.9 Å². The maximum atomic E-state index is 6.27. The van der Waals surface area contributed by atoms with Crippen LogP contribution >= 0.6 is 23.2 Å². The van der Waals surface area contributed by atoms with E-state index in [1.54, 1.807) is 6.07 Å². The van der Waals surface area contributed by atoms with Crippen LogP contribution in [0.4, 0.5) is 0 Å². The summed E-state index contributed by atoms with van der Waals surface area (Å²) in [5.74, 6) is 0.136. The monoisotopic (exact) mass is 278 g/mol. The highest BCUT2D eigenvalue weighted by molar-refractivity contribution is 6.31. The van der Waals surface area contributed by atoms with E-state index in [0.29, 0.717) is 5.02 Å². The zero-order valence-electron chi connectivity index (χ0n) is 10.0. The minimum atomic E-state index is -0.173. The van der Waals surface area contributed by atoms with Gasteiger partial charge in [-0.1, -0.05) is 60.5 Å². The van der Waals surface area contributed by atoms with E-state index >= 15 is 0 Å². The SMILES string of the molecule is CC(c1cccc(Cl)c1)C(N)c1ccc[c]c1Cl. The van der Waals surface area contributed by atoms with Crippen molar-refractivity contribution in [2.45, 2.75) is 18.9 Å². The van der Waals surface area contributed by atoms with Crippen molar-refractivity contribution in [3.05, 3.63) is 69.7 Å². The zero-order chi connectivity index (χ0) is 13.1. The van der Waals surface area contributed by atoms with Crippen molar-refractivity contribution in [3.63, 3.8) is 0 Å². The minimum Gasteiger partial charge on any atom is -0.323 e. The van der Waals surface area contributed by atoms with Crippen LogP contribution in [-0.2, 0) is 0 Å². The molecule has 0 aromatic heterocycles. The van der Waals surface area contributed by atoms with Gasteiger partial charge in [0.2, 0.25) is 0 Å². The lowest BCUT2D eigenvalue weighted by atomic mass is 9.89. The van der Waals surface area contributed by atoms with E-state index in [-0.39, 0.29) is 12.0 Å². The molecule has 0 aliphatic carbocycles. The molecule has 0 amide bonds. The van der Waals surface area contributed by atoms with E-state index in [1.165, 1.54) is 0 Å². The summed E-state index contributed by atoms with van der Waals surface area (Å²) in [4.78, 5) is 0. The van der Waals surface area contributed by atoms with Crippen molar-refractivity contribution in [2.24, 2.45) is 5.73 Å². The summed E-state index contributed by atoms with van der Waals surface area (Å²) < 4.78 is 0. The number of hydrogen-bond donors (Lipinski definition) is 1.